The van der Waals surface area contributed by atoms with Gasteiger partial charge in [0.25, 0.3) is 11.5 Å². The van der Waals surface area contributed by atoms with E-state index in [0.717, 1.165) is 11.1 Å². The van der Waals surface area contributed by atoms with Gasteiger partial charge in [-0.05, 0) is 19.4 Å². The first-order chi connectivity index (χ1) is 11.0. The van der Waals surface area contributed by atoms with Crippen LogP contribution in [0.3, 0.4) is 0 Å². The van der Waals surface area contributed by atoms with Crippen molar-refractivity contribution in [1.29, 1.82) is 0 Å². The predicted molar refractivity (Wildman–Crippen MR) is 85.5 cm³/mol. The van der Waals surface area contributed by atoms with Crippen molar-refractivity contribution in [2.24, 2.45) is 5.10 Å². The molecule has 9 nitrogen and oxygen atoms in total. The highest BCUT2D eigenvalue weighted by Crippen LogP contribution is 2.00. The number of anilines is 1. The van der Waals surface area contributed by atoms with Gasteiger partial charge >= 0.3 is 5.69 Å². The van der Waals surface area contributed by atoms with E-state index in [-0.39, 0.29) is 5.82 Å². The molecule has 1 aromatic heterocycles. The maximum Gasteiger partial charge on any atom is 0.342 e. The van der Waals surface area contributed by atoms with Crippen LogP contribution in [0.5, 0.6) is 0 Å². The zero-order valence-electron chi connectivity index (χ0n) is 12.6. The number of rotatable bonds is 5. The second kappa shape index (κ2) is 7.16. The van der Waals surface area contributed by atoms with E-state index in [4.69, 9.17) is 0 Å². The van der Waals surface area contributed by atoms with E-state index in [1.807, 2.05) is 36.2 Å². The van der Waals surface area contributed by atoms with Crippen LogP contribution >= 0.6 is 0 Å². The van der Waals surface area contributed by atoms with Gasteiger partial charge in [0.1, 0.15) is 6.04 Å². The van der Waals surface area contributed by atoms with Crippen LogP contribution in [0.2, 0.25) is 0 Å². The van der Waals surface area contributed by atoms with Gasteiger partial charge in [0, 0.05) is 0 Å². The average Bonchev–Trinajstić information content (AvgIpc) is 2.50. The molecule has 1 heterocycles. The van der Waals surface area contributed by atoms with Crippen LogP contribution < -0.4 is 22.0 Å². The summed E-state index contributed by atoms with van der Waals surface area (Å²) in [4.78, 5) is 36.2. The van der Waals surface area contributed by atoms with E-state index in [1.165, 1.54) is 13.1 Å². The Morgan fingerprint density at radius 2 is 2.17 bits per heavy atom. The van der Waals surface area contributed by atoms with Gasteiger partial charge in [-0.15, -0.1) is 5.10 Å². The molecule has 0 aliphatic carbocycles. The summed E-state index contributed by atoms with van der Waals surface area (Å²) in [6.07, 6.45) is 1.52. The fourth-order valence-corrected chi connectivity index (χ4v) is 1.73. The van der Waals surface area contributed by atoms with Crippen LogP contribution in [0.4, 0.5) is 5.82 Å². The number of carbonyl (C=O) groups excluding carboxylic acids is 1. The Bertz CT molecular complexity index is 839. The minimum Gasteiger partial charge on any atom is -0.353 e. The molecule has 0 aliphatic rings. The van der Waals surface area contributed by atoms with E-state index >= 15 is 0 Å². The van der Waals surface area contributed by atoms with Crippen LogP contribution in [0.25, 0.3) is 0 Å². The second-order valence-corrected chi connectivity index (χ2v) is 4.87. The maximum absolute atomic E-state index is 11.9. The van der Waals surface area contributed by atoms with Gasteiger partial charge in [-0.2, -0.15) is 5.10 Å². The van der Waals surface area contributed by atoms with E-state index in [1.54, 1.807) is 0 Å². The number of hydrogen-bond donors (Lipinski definition) is 4. The van der Waals surface area contributed by atoms with Crippen LogP contribution in [-0.4, -0.2) is 33.3 Å². The lowest BCUT2D eigenvalue weighted by molar-refractivity contribution is -0.121. The molecule has 23 heavy (non-hydrogen) atoms. The number of hydrazone groups is 1. The standard InChI is InChI=1S/C14H16N6O3/c1-8-4-3-5-10(6-8)7-15-19-12(21)9(2)16-11-13(22)17-14(23)20-18-11/h3-7,9H,1-2H3,(H,16,18)(H,19,21)(H2,17,20,22,23)/b15-7+/t9-/m0/s1. The molecule has 4 N–H and O–H groups in total. The van der Waals surface area contributed by atoms with Crippen molar-refractivity contribution in [2.45, 2.75) is 19.9 Å². The molecular weight excluding hydrogens is 300 g/mol. The summed E-state index contributed by atoms with van der Waals surface area (Å²) >= 11 is 0. The molecule has 2 aromatic rings. The predicted octanol–water partition coefficient (Wildman–Crippen LogP) is -0.283. The monoisotopic (exact) mass is 316 g/mol. The van der Waals surface area contributed by atoms with Crippen molar-refractivity contribution < 1.29 is 4.79 Å². The molecule has 0 saturated heterocycles. The first-order valence-corrected chi connectivity index (χ1v) is 6.81. The zero-order chi connectivity index (χ0) is 16.8. The van der Waals surface area contributed by atoms with Gasteiger partial charge in [0.2, 0.25) is 5.82 Å². The van der Waals surface area contributed by atoms with Crippen molar-refractivity contribution in [3.05, 3.63) is 56.2 Å². The maximum atomic E-state index is 11.9. The molecule has 1 amide bonds. The highest BCUT2D eigenvalue weighted by atomic mass is 16.2. The van der Waals surface area contributed by atoms with Crippen LogP contribution in [0.1, 0.15) is 18.1 Å². The highest BCUT2D eigenvalue weighted by molar-refractivity contribution is 5.86. The number of H-pyrrole nitrogens is 2. The largest absolute Gasteiger partial charge is 0.353 e. The SMILES string of the molecule is Cc1cccc(/C=N/NC(=O)[C@H](C)Nc2n[nH]c(=O)[nH]c2=O)c1. The number of nitrogens with one attached hydrogen (secondary N) is 4. The summed E-state index contributed by atoms with van der Waals surface area (Å²) < 4.78 is 0. The molecule has 0 saturated carbocycles. The zero-order valence-corrected chi connectivity index (χ0v) is 12.6. The number of amides is 1. The lowest BCUT2D eigenvalue weighted by atomic mass is 10.2. The van der Waals surface area contributed by atoms with Gasteiger partial charge < -0.3 is 5.32 Å². The first-order valence-electron chi connectivity index (χ1n) is 6.81. The minimum absolute atomic E-state index is 0.157. The lowest BCUT2D eigenvalue weighted by Gasteiger charge is -2.11. The summed E-state index contributed by atoms with van der Waals surface area (Å²) in [5.74, 6) is -0.615. The number of nitrogens with zero attached hydrogens (tertiary/aromatic N) is 2. The highest BCUT2D eigenvalue weighted by Gasteiger charge is 2.14. The third kappa shape index (κ3) is 4.63. The van der Waals surface area contributed by atoms with Crippen molar-refractivity contribution in [3.8, 4) is 0 Å². The Balaban J connectivity index is 1.95. The van der Waals surface area contributed by atoms with E-state index in [2.05, 4.69) is 26.0 Å². The van der Waals surface area contributed by atoms with E-state index < -0.39 is 23.2 Å². The van der Waals surface area contributed by atoms with Crippen LogP contribution in [-0.2, 0) is 4.79 Å². The van der Waals surface area contributed by atoms with E-state index in [9.17, 15) is 14.4 Å². The van der Waals surface area contributed by atoms with Gasteiger partial charge in [-0.1, -0.05) is 29.8 Å². The lowest BCUT2D eigenvalue weighted by Crippen LogP contribution is -2.38. The molecule has 9 heteroatoms. The topological polar surface area (TPSA) is 132 Å². The summed E-state index contributed by atoms with van der Waals surface area (Å²) in [6.45, 7) is 3.49. The summed E-state index contributed by atoms with van der Waals surface area (Å²) in [7, 11) is 0. The third-order valence-corrected chi connectivity index (χ3v) is 2.89. The Labute approximate surface area is 130 Å². The average molecular weight is 316 g/mol. The van der Waals surface area contributed by atoms with Crippen molar-refractivity contribution in [1.82, 2.24) is 20.6 Å². The van der Waals surface area contributed by atoms with Crippen LogP contribution in [0.15, 0.2) is 39.0 Å². The number of aromatic amines is 2. The van der Waals surface area contributed by atoms with Gasteiger partial charge in [-0.25, -0.2) is 15.3 Å². The molecule has 2 rings (SSSR count). The van der Waals surface area contributed by atoms with E-state index in [0.29, 0.717) is 0 Å². The Morgan fingerprint density at radius 3 is 2.87 bits per heavy atom. The number of aromatic nitrogens is 3. The Morgan fingerprint density at radius 1 is 1.39 bits per heavy atom. The molecule has 0 bridgehead atoms. The molecule has 0 spiro atoms. The normalized spacial score (nSPS) is 12.1. The summed E-state index contributed by atoms with van der Waals surface area (Å²) in [6, 6.07) is 6.84. The van der Waals surface area contributed by atoms with Gasteiger partial charge in [-0.3, -0.25) is 14.6 Å². The molecule has 0 aliphatic heterocycles. The number of carbonyl (C=O) groups is 1. The fourth-order valence-electron chi connectivity index (χ4n) is 1.73. The second-order valence-electron chi connectivity index (χ2n) is 4.87. The molecule has 1 atom stereocenters. The number of aryl methyl sites for hydroxylation is 1. The third-order valence-electron chi connectivity index (χ3n) is 2.89. The quantitative estimate of drug-likeness (QED) is 0.445. The van der Waals surface area contributed by atoms with Crippen molar-refractivity contribution in [2.75, 3.05) is 5.32 Å². The molecule has 0 unspecified atom stereocenters. The van der Waals surface area contributed by atoms with Crippen LogP contribution in [0, 0.1) is 6.92 Å². The van der Waals surface area contributed by atoms with Crippen molar-refractivity contribution >= 4 is 17.9 Å². The summed E-state index contributed by atoms with van der Waals surface area (Å²) in [5, 5.41) is 12.0. The molecule has 120 valence electrons. The number of benzene rings is 1. The van der Waals surface area contributed by atoms with Gasteiger partial charge in [0.15, 0.2) is 0 Å². The first kappa shape index (κ1) is 16.1. The summed E-state index contributed by atoms with van der Waals surface area (Å²) in [5.41, 5.74) is 2.86. The molecule has 0 radical (unpaired) electrons. The van der Waals surface area contributed by atoms with Crippen molar-refractivity contribution in [3.63, 3.8) is 0 Å². The smallest absolute Gasteiger partial charge is 0.342 e. The Hall–Kier alpha value is -3.23. The fraction of sp³-hybridized carbons (Fsp3) is 0.214. The molecular formula is C14H16N6O3. The Kier molecular flexibility index (Phi) is 5.03. The molecule has 1 aromatic carbocycles. The number of hydrogen-bond acceptors (Lipinski definition) is 6. The van der Waals surface area contributed by atoms with Gasteiger partial charge in [0.05, 0.1) is 6.21 Å². The minimum atomic E-state index is -0.774. The molecule has 0 fully saturated rings.